The van der Waals surface area contributed by atoms with Gasteiger partial charge >= 0.3 is 5.97 Å². The molecule has 32 heavy (non-hydrogen) atoms. The average molecular weight is 445 g/mol. The molecule has 0 fully saturated rings. The van der Waals surface area contributed by atoms with Gasteiger partial charge in [0.05, 0.1) is 28.9 Å². The van der Waals surface area contributed by atoms with Crippen LogP contribution in [0.15, 0.2) is 100.0 Å². The largest absolute Gasteiger partial charge is 0.461 e. The third-order valence-electron chi connectivity index (χ3n) is 4.46. The summed E-state index contributed by atoms with van der Waals surface area (Å²) in [5, 5.41) is 5.07. The van der Waals surface area contributed by atoms with Gasteiger partial charge < -0.3 is 4.74 Å². The van der Waals surface area contributed by atoms with E-state index in [1.54, 1.807) is 25.1 Å². The van der Waals surface area contributed by atoms with Crippen LogP contribution >= 0.6 is 11.8 Å². The molecule has 0 unspecified atom stereocenters. The highest BCUT2D eigenvalue weighted by molar-refractivity contribution is 8.15. The van der Waals surface area contributed by atoms with Crippen LogP contribution in [0.1, 0.15) is 6.92 Å². The zero-order chi connectivity index (χ0) is 22.3. The maximum atomic E-state index is 13.3. The van der Waals surface area contributed by atoms with Crippen molar-refractivity contribution in [3.63, 3.8) is 0 Å². The lowest BCUT2D eigenvalue weighted by molar-refractivity contribution is -0.134. The van der Waals surface area contributed by atoms with Crippen LogP contribution < -0.4 is 11.0 Å². The number of carbonyl (C=O) groups excluding carboxylic acids is 1. The van der Waals surface area contributed by atoms with Crippen LogP contribution in [0.25, 0.3) is 16.6 Å². The molecular weight excluding hydrogens is 424 g/mol. The van der Waals surface area contributed by atoms with E-state index in [0.29, 0.717) is 27.4 Å². The van der Waals surface area contributed by atoms with E-state index in [0.717, 1.165) is 11.8 Å². The summed E-state index contributed by atoms with van der Waals surface area (Å²) in [6, 6.07) is 25.5. The van der Waals surface area contributed by atoms with E-state index < -0.39 is 5.97 Å². The summed E-state index contributed by atoms with van der Waals surface area (Å²) in [5.74, 6) is -0.608. The molecule has 8 heteroatoms. The number of nitrogens with one attached hydrogen (secondary N) is 1. The van der Waals surface area contributed by atoms with Gasteiger partial charge in [-0.15, -0.1) is 0 Å². The highest BCUT2D eigenvalue weighted by Gasteiger charge is 2.21. The van der Waals surface area contributed by atoms with Gasteiger partial charge in [-0.3, -0.25) is 14.8 Å². The van der Waals surface area contributed by atoms with Gasteiger partial charge in [-0.05, 0) is 55.1 Å². The lowest BCUT2D eigenvalue weighted by atomic mass is 10.2. The monoisotopic (exact) mass is 444 g/mol. The molecule has 0 aliphatic carbocycles. The van der Waals surface area contributed by atoms with E-state index in [1.807, 2.05) is 66.7 Å². The highest BCUT2D eigenvalue weighted by atomic mass is 32.2. The molecule has 3 aromatic carbocycles. The number of hydrazone groups is 1. The van der Waals surface area contributed by atoms with Gasteiger partial charge in [-0.25, -0.2) is 9.78 Å². The number of rotatable bonds is 5. The van der Waals surface area contributed by atoms with Gasteiger partial charge in [0.2, 0.25) is 5.04 Å². The molecule has 0 amide bonds. The number of nitrogens with zero attached hydrogens (tertiary/aromatic N) is 3. The summed E-state index contributed by atoms with van der Waals surface area (Å²) in [6.07, 6.45) is 0. The van der Waals surface area contributed by atoms with Crippen LogP contribution in [0.3, 0.4) is 0 Å². The Bertz CT molecular complexity index is 1320. The van der Waals surface area contributed by atoms with Crippen LogP contribution in [-0.4, -0.2) is 27.2 Å². The van der Waals surface area contributed by atoms with Gasteiger partial charge in [0, 0.05) is 0 Å². The quantitative estimate of drug-likeness (QED) is 0.122. The lowest BCUT2D eigenvalue weighted by Crippen LogP contribution is -2.24. The fourth-order valence-corrected chi connectivity index (χ4v) is 3.83. The Morgan fingerprint density at radius 3 is 2.38 bits per heavy atom. The van der Waals surface area contributed by atoms with Crippen LogP contribution in [0.4, 0.5) is 5.69 Å². The molecule has 1 heterocycles. The predicted octanol–water partition coefficient (Wildman–Crippen LogP) is 4.47. The molecular formula is C24H20N4O3S. The number of ether oxygens (including phenoxy) is 1. The first-order valence-electron chi connectivity index (χ1n) is 9.98. The molecule has 0 aliphatic heterocycles. The summed E-state index contributed by atoms with van der Waals surface area (Å²) in [6.45, 7) is 1.92. The van der Waals surface area contributed by atoms with Crippen molar-refractivity contribution in [3.8, 4) is 5.69 Å². The van der Waals surface area contributed by atoms with Crippen molar-refractivity contribution in [2.75, 3.05) is 12.0 Å². The predicted molar refractivity (Wildman–Crippen MR) is 127 cm³/mol. The first kappa shape index (κ1) is 21.3. The topological polar surface area (TPSA) is 85.6 Å². The van der Waals surface area contributed by atoms with Crippen molar-refractivity contribution in [3.05, 3.63) is 95.3 Å². The number of esters is 1. The Kier molecular flexibility index (Phi) is 6.62. The number of benzene rings is 3. The molecule has 0 saturated carbocycles. The number of fused-ring (bicyclic) bond motifs is 1. The van der Waals surface area contributed by atoms with E-state index in [2.05, 4.69) is 15.5 Å². The van der Waals surface area contributed by atoms with Crippen molar-refractivity contribution in [2.45, 2.75) is 12.1 Å². The average Bonchev–Trinajstić information content (AvgIpc) is 2.83. The number of hydrogen-bond acceptors (Lipinski definition) is 7. The van der Waals surface area contributed by atoms with Gasteiger partial charge in [0.15, 0.2) is 5.16 Å². The van der Waals surface area contributed by atoms with Crippen molar-refractivity contribution in [1.82, 2.24) is 9.55 Å². The summed E-state index contributed by atoms with van der Waals surface area (Å²) in [4.78, 5) is 30.6. The highest BCUT2D eigenvalue weighted by Crippen LogP contribution is 2.23. The standard InChI is InChI=1S/C24H20N4O3S/c1-2-31-23(30)21(27-26-17-11-5-3-6-12-17)32-24-25-20-16-10-9-15-19(20)22(29)28(24)18-13-7-4-8-14-18/h3-16,26H,2H2,1H3. The lowest BCUT2D eigenvalue weighted by Gasteiger charge is -2.13. The number of hydrogen-bond donors (Lipinski definition) is 1. The Balaban J connectivity index is 1.82. The second-order valence-electron chi connectivity index (χ2n) is 6.60. The van der Waals surface area contributed by atoms with Gasteiger partial charge in [0.25, 0.3) is 5.56 Å². The molecule has 7 nitrogen and oxygen atoms in total. The van der Waals surface area contributed by atoms with Crippen molar-refractivity contribution in [2.24, 2.45) is 5.10 Å². The molecule has 1 N–H and O–H groups in total. The Morgan fingerprint density at radius 2 is 1.66 bits per heavy atom. The first-order chi connectivity index (χ1) is 15.7. The van der Waals surface area contributed by atoms with E-state index >= 15 is 0 Å². The molecule has 160 valence electrons. The minimum atomic E-state index is -0.608. The summed E-state index contributed by atoms with van der Waals surface area (Å²) in [7, 11) is 0. The van der Waals surface area contributed by atoms with Gasteiger partial charge in [0.1, 0.15) is 0 Å². The Hall–Kier alpha value is -3.91. The second kappa shape index (κ2) is 9.93. The molecule has 0 bridgehead atoms. The maximum absolute atomic E-state index is 13.3. The summed E-state index contributed by atoms with van der Waals surface area (Å²) < 4.78 is 6.66. The number of carbonyl (C=O) groups is 1. The zero-order valence-corrected chi connectivity index (χ0v) is 18.1. The van der Waals surface area contributed by atoms with Crippen LogP contribution in [0, 0.1) is 0 Å². The molecule has 0 saturated heterocycles. The number of para-hydroxylation sites is 3. The molecule has 0 spiro atoms. The minimum absolute atomic E-state index is 0.0302. The fourth-order valence-electron chi connectivity index (χ4n) is 3.00. The van der Waals surface area contributed by atoms with Crippen molar-refractivity contribution >= 4 is 39.4 Å². The number of thioether (sulfide) groups is 1. The van der Waals surface area contributed by atoms with E-state index in [4.69, 9.17) is 4.74 Å². The zero-order valence-electron chi connectivity index (χ0n) is 17.3. The molecule has 0 aliphatic rings. The first-order valence-corrected chi connectivity index (χ1v) is 10.8. The summed E-state index contributed by atoms with van der Waals surface area (Å²) >= 11 is 0.971. The van der Waals surface area contributed by atoms with Crippen molar-refractivity contribution < 1.29 is 9.53 Å². The van der Waals surface area contributed by atoms with Crippen molar-refractivity contribution in [1.29, 1.82) is 0 Å². The van der Waals surface area contributed by atoms with E-state index in [1.165, 1.54) is 4.57 Å². The van der Waals surface area contributed by atoms with E-state index in [-0.39, 0.29) is 17.2 Å². The molecule has 0 atom stereocenters. The number of anilines is 1. The maximum Gasteiger partial charge on any atom is 0.365 e. The SMILES string of the molecule is CCOC(=O)C(=NNc1ccccc1)Sc1nc2ccccc2c(=O)n1-c1ccccc1. The minimum Gasteiger partial charge on any atom is -0.461 e. The van der Waals surface area contributed by atoms with Gasteiger partial charge in [-0.2, -0.15) is 5.10 Å². The molecule has 4 aromatic rings. The Labute approximate surface area is 188 Å². The van der Waals surface area contributed by atoms with Crippen LogP contribution in [-0.2, 0) is 9.53 Å². The third-order valence-corrected chi connectivity index (χ3v) is 5.37. The van der Waals surface area contributed by atoms with Crippen LogP contribution in [0.2, 0.25) is 0 Å². The second-order valence-corrected chi connectivity index (χ2v) is 7.56. The van der Waals surface area contributed by atoms with Crippen LogP contribution in [0.5, 0.6) is 0 Å². The fraction of sp³-hybridized carbons (Fsp3) is 0.0833. The third kappa shape index (κ3) is 4.70. The Morgan fingerprint density at radius 1 is 1.00 bits per heavy atom. The van der Waals surface area contributed by atoms with E-state index in [9.17, 15) is 9.59 Å². The molecule has 1 aromatic heterocycles. The molecule has 4 rings (SSSR count). The summed E-state index contributed by atoms with van der Waals surface area (Å²) in [5.41, 5.74) is 4.51. The van der Waals surface area contributed by atoms with Gasteiger partial charge in [-0.1, -0.05) is 48.5 Å². The number of aromatic nitrogens is 2. The smallest absolute Gasteiger partial charge is 0.365 e. The normalized spacial score (nSPS) is 11.3. The molecule has 0 radical (unpaired) electrons.